The van der Waals surface area contributed by atoms with E-state index in [1.165, 1.54) is 31.0 Å². The summed E-state index contributed by atoms with van der Waals surface area (Å²) in [7, 11) is 3.90. The van der Waals surface area contributed by atoms with E-state index >= 15 is 0 Å². The van der Waals surface area contributed by atoms with Crippen LogP contribution in [0.25, 0.3) is 6.08 Å². The Morgan fingerprint density at radius 2 is 2.00 bits per heavy atom. The fourth-order valence-corrected chi connectivity index (χ4v) is 5.01. The molecule has 0 atom stereocenters. The highest BCUT2D eigenvalue weighted by Crippen LogP contribution is 2.38. The number of rotatable bonds is 3. The molecule has 2 fully saturated rings. The average molecular weight is 381 g/mol. The number of carbonyl (C=O) groups excluding carboxylic acids is 1. The Kier molecular flexibility index (Phi) is 5.52. The molecule has 0 N–H and O–H groups in total. The lowest BCUT2D eigenvalue weighted by atomic mass is 9.94. The molecule has 0 unspecified atom stereocenters. The van der Waals surface area contributed by atoms with Crippen LogP contribution < -0.4 is 4.90 Å². The Hall–Kier alpha value is -1.04. The van der Waals surface area contributed by atoms with Gasteiger partial charge in [0.25, 0.3) is 5.91 Å². The van der Waals surface area contributed by atoms with Gasteiger partial charge < -0.3 is 4.90 Å². The van der Waals surface area contributed by atoms with Gasteiger partial charge in [-0.1, -0.05) is 67.0 Å². The first-order valence-electron chi connectivity index (χ1n) is 8.22. The number of hydrogen-bond donors (Lipinski definition) is 0. The van der Waals surface area contributed by atoms with Gasteiger partial charge in [-0.2, -0.15) is 0 Å². The van der Waals surface area contributed by atoms with Crippen molar-refractivity contribution < 1.29 is 4.79 Å². The number of carbonyl (C=O) groups is 1. The lowest BCUT2D eigenvalue weighted by molar-refractivity contribution is -0.124. The second kappa shape index (κ2) is 7.46. The van der Waals surface area contributed by atoms with Crippen LogP contribution in [0.4, 0.5) is 5.69 Å². The summed E-state index contributed by atoms with van der Waals surface area (Å²) in [6, 6.07) is 6.12. The molecule has 2 aliphatic rings. The van der Waals surface area contributed by atoms with Gasteiger partial charge in [0.15, 0.2) is 0 Å². The number of benzene rings is 1. The fourth-order valence-electron chi connectivity index (χ4n) is 3.27. The summed E-state index contributed by atoms with van der Waals surface area (Å²) in [6.07, 6.45) is 7.59. The predicted molar refractivity (Wildman–Crippen MR) is 108 cm³/mol. The molecule has 0 aromatic heterocycles. The minimum Gasteiger partial charge on any atom is -0.376 e. The van der Waals surface area contributed by atoms with Crippen molar-refractivity contribution in [2.75, 3.05) is 19.0 Å². The van der Waals surface area contributed by atoms with Gasteiger partial charge in [0.05, 0.1) is 15.6 Å². The zero-order valence-corrected chi connectivity index (χ0v) is 16.3. The highest BCUT2D eigenvalue weighted by atomic mass is 35.5. The lowest BCUT2D eigenvalue weighted by Crippen LogP contribution is -2.39. The van der Waals surface area contributed by atoms with Crippen LogP contribution in [-0.4, -0.2) is 35.3 Å². The SMILES string of the molecule is CN(C)c1cccc(/C=C2/SC(=S)N(C3CCCCC3)C2=O)c1Cl. The number of hydrogen-bond acceptors (Lipinski definition) is 4. The van der Waals surface area contributed by atoms with Gasteiger partial charge in [-0.3, -0.25) is 9.69 Å². The number of amides is 1. The van der Waals surface area contributed by atoms with Gasteiger partial charge in [-0.05, 0) is 30.5 Å². The van der Waals surface area contributed by atoms with Crippen LogP contribution in [0, 0.1) is 0 Å². The molecule has 1 amide bonds. The smallest absolute Gasteiger partial charge is 0.266 e. The fraction of sp³-hybridized carbons (Fsp3) is 0.444. The van der Waals surface area contributed by atoms with E-state index in [0.717, 1.165) is 24.1 Å². The first-order chi connectivity index (χ1) is 11.5. The van der Waals surface area contributed by atoms with Gasteiger partial charge >= 0.3 is 0 Å². The highest BCUT2D eigenvalue weighted by Gasteiger charge is 2.37. The Bertz CT molecular complexity index is 696. The maximum absolute atomic E-state index is 12.8. The minimum atomic E-state index is 0.0308. The molecular formula is C18H21ClN2OS2. The third-order valence-corrected chi connectivity index (χ3v) is 6.28. The van der Waals surface area contributed by atoms with Crippen LogP contribution >= 0.6 is 35.6 Å². The molecule has 0 radical (unpaired) electrons. The van der Waals surface area contributed by atoms with E-state index in [0.29, 0.717) is 14.2 Å². The minimum absolute atomic E-state index is 0.0308. The average Bonchev–Trinajstić information content (AvgIpc) is 2.84. The van der Waals surface area contributed by atoms with Crippen molar-refractivity contribution in [2.45, 2.75) is 38.1 Å². The van der Waals surface area contributed by atoms with Crippen molar-refractivity contribution in [3.05, 3.63) is 33.7 Å². The van der Waals surface area contributed by atoms with Crippen molar-refractivity contribution in [1.29, 1.82) is 0 Å². The van der Waals surface area contributed by atoms with Crippen LogP contribution in [0.3, 0.4) is 0 Å². The number of thioether (sulfide) groups is 1. The number of thiocarbonyl (C=S) groups is 1. The van der Waals surface area contributed by atoms with Crippen molar-refractivity contribution >= 4 is 57.6 Å². The zero-order chi connectivity index (χ0) is 17.3. The lowest BCUT2D eigenvalue weighted by Gasteiger charge is -2.29. The third-order valence-electron chi connectivity index (χ3n) is 4.54. The Balaban J connectivity index is 1.88. The summed E-state index contributed by atoms with van der Waals surface area (Å²) in [4.78, 5) is 17.3. The van der Waals surface area contributed by atoms with Crippen molar-refractivity contribution in [3.8, 4) is 0 Å². The van der Waals surface area contributed by atoms with E-state index in [1.54, 1.807) is 0 Å². The molecule has 1 aromatic rings. The number of nitrogens with zero attached hydrogens (tertiary/aromatic N) is 2. The van der Waals surface area contributed by atoms with Gasteiger partial charge in [-0.25, -0.2) is 0 Å². The van der Waals surface area contributed by atoms with Gasteiger partial charge in [0.1, 0.15) is 4.32 Å². The van der Waals surface area contributed by atoms with Crippen molar-refractivity contribution in [2.24, 2.45) is 0 Å². The molecule has 0 bridgehead atoms. The van der Waals surface area contributed by atoms with Crippen LogP contribution in [0.2, 0.25) is 5.02 Å². The summed E-state index contributed by atoms with van der Waals surface area (Å²) in [6.45, 7) is 0. The van der Waals surface area contributed by atoms with Crippen LogP contribution in [0.5, 0.6) is 0 Å². The van der Waals surface area contributed by atoms with Crippen molar-refractivity contribution in [3.63, 3.8) is 0 Å². The van der Waals surface area contributed by atoms with Crippen LogP contribution in [0.15, 0.2) is 23.1 Å². The monoisotopic (exact) mass is 380 g/mol. The second-order valence-corrected chi connectivity index (χ2v) is 8.47. The predicted octanol–water partition coefficient (Wildman–Crippen LogP) is 4.94. The summed E-state index contributed by atoms with van der Waals surface area (Å²) in [5.74, 6) is 0.0308. The van der Waals surface area contributed by atoms with Crippen LogP contribution in [-0.2, 0) is 4.79 Å². The second-order valence-electron chi connectivity index (χ2n) is 6.42. The van der Waals surface area contributed by atoms with Crippen molar-refractivity contribution in [1.82, 2.24) is 4.90 Å². The standard InChI is InChI=1S/C18H21ClN2OS2/c1-20(2)14-10-6-7-12(16(14)19)11-15-17(22)21(18(23)24-15)13-8-4-3-5-9-13/h6-7,10-11,13H,3-5,8-9H2,1-2H3/b15-11+. The quantitative estimate of drug-likeness (QED) is 0.547. The molecule has 3 nitrogen and oxygen atoms in total. The summed E-state index contributed by atoms with van der Waals surface area (Å²) in [5.41, 5.74) is 1.79. The first kappa shape index (κ1) is 17.8. The highest BCUT2D eigenvalue weighted by molar-refractivity contribution is 8.26. The Morgan fingerprint density at radius 3 is 2.67 bits per heavy atom. The van der Waals surface area contributed by atoms with E-state index in [-0.39, 0.29) is 11.9 Å². The molecule has 1 aromatic carbocycles. The molecule has 24 heavy (non-hydrogen) atoms. The molecular weight excluding hydrogens is 360 g/mol. The topological polar surface area (TPSA) is 23.6 Å². The number of anilines is 1. The zero-order valence-electron chi connectivity index (χ0n) is 13.9. The van der Waals surface area contributed by atoms with Gasteiger partial charge in [-0.15, -0.1) is 0 Å². The molecule has 1 aliphatic carbocycles. The summed E-state index contributed by atoms with van der Waals surface area (Å²) < 4.78 is 0.679. The summed E-state index contributed by atoms with van der Waals surface area (Å²) in [5, 5.41) is 0.658. The normalized spacial score (nSPS) is 21.0. The van der Waals surface area contributed by atoms with E-state index in [9.17, 15) is 4.79 Å². The molecule has 128 valence electrons. The van der Waals surface area contributed by atoms with Gasteiger partial charge in [0, 0.05) is 20.1 Å². The Morgan fingerprint density at radius 1 is 1.29 bits per heavy atom. The third kappa shape index (κ3) is 3.48. The molecule has 3 rings (SSSR count). The molecule has 1 saturated carbocycles. The van der Waals surface area contributed by atoms with E-state index in [1.807, 2.05) is 48.2 Å². The van der Waals surface area contributed by atoms with Gasteiger partial charge in [0.2, 0.25) is 0 Å². The molecule has 0 spiro atoms. The summed E-state index contributed by atoms with van der Waals surface area (Å²) >= 11 is 13.4. The first-order valence-corrected chi connectivity index (χ1v) is 9.82. The molecule has 1 aliphatic heterocycles. The molecule has 1 heterocycles. The molecule has 1 saturated heterocycles. The molecule has 6 heteroatoms. The number of halogens is 1. The Labute approximate surface area is 158 Å². The largest absolute Gasteiger partial charge is 0.376 e. The van der Waals surface area contributed by atoms with E-state index in [4.69, 9.17) is 23.8 Å². The maximum atomic E-state index is 12.8. The van der Waals surface area contributed by atoms with E-state index < -0.39 is 0 Å². The van der Waals surface area contributed by atoms with E-state index in [2.05, 4.69) is 0 Å². The maximum Gasteiger partial charge on any atom is 0.266 e. The van der Waals surface area contributed by atoms with Crippen LogP contribution in [0.1, 0.15) is 37.7 Å².